The number of amides is 3. The van der Waals surface area contributed by atoms with Gasteiger partial charge in [0.2, 0.25) is 11.5 Å². The van der Waals surface area contributed by atoms with Crippen LogP contribution in [0.15, 0.2) is 53.3 Å². The van der Waals surface area contributed by atoms with Crippen LogP contribution in [0.3, 0.4) is 0 Å². The van der Waals surface area contributed by atoms with Gasteiger partial charge in [0, 0.05) is 30.1 Å². The molecule has 7 heteroatoms. The molecule has 2 N–H and O–H groups in total. The molecule has 1 aromatic heterocycles. The van der Waals surface area contributed by atoms with E-state index in [1.54, 1.807) is 36.4 Å². The summed E-state index contributed by atoms with van der Waals surface area (Å²) >= 11 is 0. The Hall–Kier alpha value is -3.74. The van der Waals surface area contributed by atoms with E-state index in [9.17, 15) is 19.2 Å². The van der Waals surface area contributed by atoms with Gasteiger partial charge in [-0.3, -0.25) is 24.1 Å². The number of hydrogen-bond donors (Lipinski definition) is 2. The average Bonchev–Trinajstić information content (AvgIpc) is 2.93. The Morgan fingerprint density at radius 1 is 1.00 bits per heavy atom. The summed E-state index contributed by atoms with van der Waals surface area (Å²) in [7, 11) is 0. The molecule has 0 saturated carbocycles. The van der Waals surface area contributed by atoms with Crippen molar-refractivity contribution >= 4 is 34.3 Å². The van der Waals surface area contributed by atoms with Gasteiger partial charge in [0.15, 0.2) is 0 Å². The fourth-order valence-electron chi connectivity index (χ4n) is 3.58. The topological polar surface area (TPSA) is 99.3 Å². The maximum Gasteiger partial charge on any atom is 0.261 e. The third kappa shape index (κ3) is 3.54. The minimum atomic E-state index is -0.320. The molecule has 0 aliphatic carbocycles. The molecule has 1 aliphatic rings. The molecule has 2 aromatic carbocycles. The standard InChI is InChI=1S/C22H19N3O4/c1-13-11-20(27)24-18-12-14(8-9-15(13)18)23-19(26)7-4-10-25-21(28)16-5-2-3-6-17(16)22(25)29/h2-3,5-6,8-9,11-12H,4,7,10H2,1H3,(H,23,26)(H,24,27). The second kappa shape index (κ2) is 7.35. The number of aromatic nitrogens is 1. The number of aryl methyl sites for hydroxylation is 1. The normalized spacial score (nSPS) is 13.1. The first-order chi connectivity index (χ1) is 13.9. The molecule has 2 heterocycles. The number of anilines is 1. The molecular weight excluding hydrogens is 370 g/mol. The molecule has 3 aromatic rings. The number of carbonyl (C=O) groups excluding carboxylic acids is 3. The average molecular weight is 389 g/mol. The third-order valence-electron chi connectivity index (χ3n) is 5.00. The van der Waals surface area contributed by atoms with Gasteiger partial charge < -0.3 is 10.3 Å². The number of imide groups is 1. The second-order valence-electron chi connectivity index (χ2n) is 7.04. The Morgan fingerprint density at radius 3 is 2.38 bits per heavy atom. The summed E-state index contributed by atoms with van der Waals surface area (Å²) in [5.41, 5.74) is 2.70. The van der Waals surface area contributed by atoms with Gasteiger partial charge in [-0.2, -0.15) is 0 Å². The van der Waals surface area contributed by atoms with E-state index in [0.717, 1.165) is 10.9 Å². The van der Waals surface area contributed by atoms with Crippen molar-refractivity contribution in [3.05, 3.63) is 75.6 Å². The molecule has 0 spiro atoms. The van der Waals surface area contributed by atoms with Crippen molar-refractivity contribution in [2.45, 2.75) is 19.8 Å². The number of hydrogen-bond acceptors (Lipinski definition) is 4. The number of benzene rings is 2. The smallest absolute Gasteiger partial charge is 0.261 e. The van der Waals surface area contributed by atoms with Crippen molar-refractivity contribution < 1.29 is 14.4 Å². The van der Waals surface area contributed by atoms with E-state index >= 15 is 0 Å². The molecule has 4 rings (SSSR count). The van der Waals surface area contributed by atoms with Crippen molar-refractivity contribution in [2.24, 2.45) is 0 Å². The highest BCUT2D eigenvalue weighted by Gasteiger charge is 2.34. The lowest BCUT2D eigenvalue weighted by Gasteiger charge is -2.13. The molecule has 146 valence electrons. The van der Waals surface area contributed by atoms with Gasteiger partial charge in [-0.1, -0.05) is 18.2 Å². The summed E-state index contributed by atoms with van der Waals surface area (Å²) in [6.45, 7) is 2.04. The zero-order valence-electron chi connectivity index (χ0n) is 15.8. The molecule has 0 radical (unpaired) electrons. The van der Waals surface area contributed by atoms with E-state index in [4.69, 9.17) is 0 Å². The van der Waals surface area contributed by atoms with E-state index < -0.39 is 0 Å². The van der Waals surface area contributed by atoms with Gasteiger partial charge >= 0.3 is 0 Å². The van der Waals surface area contributed by atoms with Gasteiger partial charge in [0.05, 0.1) is 16.6 Å². The lowest BCUT2D eigenvalue weighted by atomic mass is 10.1. The van der Waals surface area contributed by atoms with Crippen molar-refractivity contribution in [3.8, 4) is 0 Å². The molecule has 0 saturated heterocycles. The number of carbonyl (C=O) groups is 3. The predicted octanol–water partition coefficient (Wildman–Crippen LogP) is 2.85. The van der Waals surface area contributed by atoms with Gasteiger partial charge in [0.1, 0.15) is 0 Å². The number of H-pyrrole nitrogens is 1. The maximum atomic E-state index is 12.3. The highest BCUT2D eigenvalue weighted by Crippen LogP contribution is 2.23. The Morgan fingerprint density at radius 2 is 1.69 bits per heavy atom. The summed E-state index contributed by atoms with van der Waals surface area (Å²) in [6.07, 6.45) is 0.524. The fourth-order valence-corrected chi connectivity index (χ4v) is 3.58. The Balaban J connectivity index is 1.36. The first-order valence-electron chi connectivity index (χ1n) is 9.33. The van der Waals surface area contributed by atoms with Crippen LogP contribution >= 0.6 is 0 Å². The van der Waals surface area contributed by atoms with Gasteiger partial charge in [-0.05, 0) is 43.2 Å². The summed E-state index contributed by atoms with van der Waals surface area (Å²) in [5.74, 6) is -0.865. The fraction of sp³-hybridized carbons (Fsp3) is 0.182. The molecule has 0 atom stereocenters. The first kappa shape index (κ1) is 18.6. The zero-order valence-corrected chi connectivity index (χ0v) is 15.8. The largest absolute Gasteiger partial charge is 0.326 e. The van der Waals surface area contributed by atoms with Crippen LogP contribution in [0.25, 0.3) is 10.9 Å². The summed E-state index contributed by atoms with van der Waals surface area (Å²) in [6, 6.07) is 13.6. The van der Waals surface area contributed by atoms with Crippen LogP contribution in [-0.4, -0.2) is 34.2 Å². The summed E-state index contributed by atoms with van der Waals surface area (Å²) in [4.78, 5) is 52.5. The van der Waals surface area contributed by atoms with Crippen molar-refractivity contribution in [2.75, 3.05) is 11.9 Å². The van der Waals surface area contributed by atoms with E-state index in [1.165, 1.54) is 11.0 Å². The highest BCUT2D eigenvalue weighted by molar-refractivity contribution is 6.21. The number of nitrogens with zero attached hydrogens (tertiary/aromatic N) is 1. The Labute approximate surface area is 166 Å². The van der Waals surface area contributed by atoms with Gasteiger partial charge in [-0.25, -0.2) is 0 Å². The Bertz CT molecular complexity index is 1180. The second-order valence-corrected chi connectivity index (χ2v) is 7.04. The van der Waals surface area contributed by atoms with E-state index in [0.29, 0.717) is 28.8 Å². The molecule has 7 nitrogen and oxygen atoms in total. The van der Waals surface area contributed by atoms with E-state index in [1.807, 2.05) is 13.0 Å². The monoisotopic (exact) mass is 389 g/mol. The van der Waals surface area contributed by atoms with Crippen molar-refractivity contribution in [1.82, 2.24) is 9.88 Å². The van der Waals surface area contributed by atoms with Crippen LogP contribution in [0, 0.1) is 6.92 Å². The van der Waals surface area contributed by atoms with Crippen LogP contribution in [0.2, 0.25) is 0 Å². The lowest BCUT2D eigenvalue weighted by Crippen LogP contribution is -2.31. The van der Waals surface area contributed by atoms with Crippen molar-refractivity contribution in [3.63, 3.8) is 0 Å². The minimum Gasteiger partial charge on any atom is -0.326 e. The van der Waals surface area contributed by atoms with Gasteiger partial charge in [0.25, 0.3) is 11.8 Å². The number of nitrogens with one attached hydrogen (secondary N) is 2. The van der Waals surface area contributed by atoms with Crippen LogP contribution < -0.4 is 10.9 Å². The van der Waals surface area contributed by atoms with E-state index in [2.05, 4.69) is 10.3 Å². The van der Waals surface area contributed by atoms with Crippen LogP contribution in [0.4, 0.5) is 5.69 Å². The maximum absolute atomic E-state index is 12.3. The zero-order chi connectivity index (χ0) is 20.5. The quantitative estimate of drug-likeness (QED) is 0.656. The number of rotatable bonds is 5. The highest BCUT2D eigenvalue weighted by atomic mass is 16.2. The van der Waals surface area contributed by atoms with Crippen LogP contribution in [0.5, 0.6) is 0 Å². The molecule has 3 amide bonds. The third-order valence-corrected chi connectivity index (χ3v) is 5.00. The molecule has 1 aliphatic heterocycles. The van der Waals surface area contributed by atoms with Gasteiger partial charge in [-0.15, -0.1) is 0 Å². The number of aromatic amines is 1. The van der Waals surface area contributed by atoms with Crippen LogP contribution in [-0.2, 0) is 4.79 Å². The molecule has 0 unspecified atom stereocenters. The lowest BCUT2D eigenvalue weighted by molar-refractivity contribution is -0.116. The van der Waals surface area contributed by atoms with Crippen molar-refractivity contribution in [1.29, 1.82) is 0 Å². The number of fused-ring (bicyclic) bond motifs is 2. The summed E-state index contributed by atoms with van der Waals surface area (Å²) in [5, 5.41) is 3.70. The molecule has 0 fully saturated rings. The Kier molecular flexibility index (Phi) is 4.72. The minimum absolute atomic E-state index is 0.162. The van der Waals surface area contributed by atoms with E-state index in [-0.39, 0.29) is 36.2 Å². The molecule has 29 heavy (non-hydrogen) atoms. The molecule has 0 bridgehead atoms. The first-order valence-corrected chi connectivity index (χ1v) is 9.33. The number of pyridine rings is 1. The predicted molar refractivity (Wildman–Crippen MR) is 109 cm³/mol. The SMILES string of the molecule is Cc1cc(=O)[nH]c2cc(NC(=O)CCCN3C(=O)c4ccccc4C3=O)ccc12. The summed E-state index contributed by atoms with van der Waals surface area (Å²) < 4.78 is 0. The molecular formula is C22H19N3O4. The van der Waals surface area contributed by atoms with Crippen LogP contribution in [0.1, 0.15) is 39.1 Å².